The zero-order chi connectivity index (χ0) is 18.0. The van der Waals surface area contributed by atoms with E-state index in [0.717, 1.165) is 10.9 Å². The summed E-state index contributed by atoms with van der Waals surface area (Å²) in [5.41, 5.74) is 0.362. The van der Waals surface area contributed by atoms with Crippen molar-refractivity contribution in [3.63, 3.8) is 0 Å². The van der Waals surface area contributed by atoms with E-state index in [1.54, 1.807) is 0 Å². The molecule has 25 heavy (non-hydrogen) atoms. The van der Waals surface area contributed by atoms with E-state index in [9.17, 15) is 14.4 Å². The lowest BCUT2D eigenvalue weighted by molar-refractivity contribution is -0.130. The smallest absolute Gasteiger partial charge is 0.322 e. The standard InChI is InChI=1S/C18H22BrN3O3/c1-11(10-12-2-4-14(19)5-3-12)20-15(23)13-6-8-18(9-7-13)16(24)21-17(25)22-18/h2-5,11,13H,6-10H2,1H3,(H,20,23)(H2,21,22,24,25). The molecule has 0 radical (unpaired) electrons. The highest BCUT2D eigenvalue weighted by Crippen LogP contribution is 2.34. The number of imide groups is 1. The average Bonchev–Trinajstić information content (AvgIpc) is 2.83. The van der Waals surface area contributed by atoms with Gasteiger partial charge >= 0.3 is 6.03 Å². The van der Waals surface area contributed by atoms with Gasteiger partial charge in [0.15, 0.2) is 0 Å². The molecule has 1 aromatic carbocycles. The first-order chi connectivity index (χ1) is 11.9. The van der Waals surface area contributed by atoms with Gasteiger partial charge in [0.25, 0.3) is 5.91 Å². The number of nitrogens with one attached hydrogen (secondary N) is 3. The Morgan fingerprint density at radius 3 is 2.48 bits per heavy atom. The molecular formula is C18H22BrN3O3. The number of carbonyl (C=O) groups is 3. The van der Waals surface area contributed by atoms with Gasteiger partial charge in [-0.1, -0.05) is 28.1 Å². The molecule has 3 rings (SSSR count). The van der Waals surface area contributed by atoms with E-state index in [0.29, 0.717) is 25.7 Å². The summed E-state index contributed by atoms with van der Waals surface area (Å²) in [6.07, 6.45) is 2.98. The Morgan fingerprint density at radius 1 is 1.28 bits per heavy atom. The molecule has 0 bridgehead atoms. The Bertz CT molecular complexity index is 681. The monoisotopic (exact) mass is 407 g/mol. The number of halogens is 1. The van der Waals surface area contributed by atoms with Crippen LogP contribution in [0.2, 0.25) is 0 Å². The van der Waals surface area contributed by atoms with E-state index in [1.165, 1.54) is 5.56 Å². The molecule has 6 nitrogen and oxygen atoms in total. The topological polar surface area (TPSA) is 87.3 Å². The molecule has 7 heteroatoms. The van der Waals surface area contributed by atoms with Crippen molar-refractivity contribution in [2.45, 2.75) is 50.6 Å². The molecule has 2 fully saturated rings. The van der Waals surface area contributed by atoms with Gasteiger partial charge in [0.2, 0.25) is 5.91 Å². The van der Waals surface area contributed by atoms with Crippen LogP contribution < -0.4 is 16.0 Å². The van der Waals surface area contributed by atoms with Crippen LogP contribution in [0.4, 0.5) is 4.79 Å². The second-order valence-corrected chi connectivity index (χ2v) is 7.92. The minimum absolute atomic E-state index is 0.0317. The number of hydrogen-bond donors (Lipinski definition) is 3. The Morgan fingerprint density at radius 2 is 1.92 bits per heavy atom. The molecule has 1 saturated carbocycles. The average molecular weight is 408 g/mol. The van der Waals surface area contributed by atoms with E-state index in [2.05, 4.69) is 31.9 Å². The normalized spacial score (nSPS) is 26.9. The highest BCUT2D eigenvalue weighted by molar-refractivity contribution is 9.10. The third-order valence-corrected chi connectivity index (χ3v) is 5.60. The summed E-state index contributed by atoms with van der Waals surface area (Å²) in [6.45, 7) is 1.99. The first-order valence-electron chi connectivity index (χ1n) is 8.56. The molecule has 1 spiro atoms. The Labute approximate surface area is 155 Å². The van der Waals surface area contributed by atoms with Gasteiger partial charge in [-0.2, -0.15) is 0 Å². The first-order valence-corrected chi connectivity index (χ1v) is 9.36. The van der Waals surface area contributed by atoms with Gasteiger partial charge in [0.05, 0.1) is 0 Å². The van der Waals surface area contributed by atoms with Crippen LogP contribution in [-0.2, 0) is 16.0 Å². The van der Waals surface area contributed by atoms with Crippen LogP contribution in [-0.4, -0.2) is 29.4 Å². The van der Waals surface area contributed by atoms with Crippen LogP contribution in [0.3, 0.4) is 0 Å². The zero-order valence-corrected chi connectivity index (χ0v) is 15.7. The SMILES string of the molecule is CC(Cc1ccc(Br)cc1)NC(=O)C1CCC2(CC1)NC(=O)NC2=O. The van der Waals surface area contributed by atoms with E-state index in [-0.39, 0.29) is 23.8 Å². The summed E-state index contributed by atoms with van der Waals surface area (Å²) in [4.78, 5) is 35.8. The molecule has 1 heterocycles. The minimum Gasteiger partial charge on any atom is -0.353 e. The maximum atomic E-state index is 12.5. The maximum absolute atomic E-state index is 12.5. The molecule has 134 valence electrons. The molecule has 4 amide bonds. The Balaban J connectivity index is 1.50. The summed E-state index contributed by atoms with van der Waals surface area (Å²) in [5, 5.41) is 8.09. The van der Waals surface area contributed by atoms with Gasteiger partial charge in [-0.05, 0) is 56.7 Å². The lowest BCUT2D eigenvalue weighted by atomic mass is 9.76. The second kappa shape index (κ2) is 7.15. The van der Waals surface area contributed by atoms with Gasteiger partial charge in [0.1, 0.15) is 5.54 Å². The predicted octanol–water partition coefficient (Wildman–Crippen LogP) is 2.26. The molecule has 1 saturated heterocycles. The van der Waals surface area contributed by atoms with Crippen molar-refractivity contribution in [1.29, 1.82) is 0 Å². The maximum Gasteiger partial charge on any atom is 0.322 e. The number of urea groups is 1. The first kappa shape index (κ1) is 17.9. The van der Waals surface area contributed by atoms with Gasteiger partial charge in [-0.15, -0.1) is 0 Å². The van der Waals surface area contributed by atoms with Gasteiger partial charge in [-0.3, -0.25) is 14.9 Å². The molecular weight excluding hydrogens is 386 g/mol. The predicted molar refractivity (Wildman–Crippen MR) is 96.8 cm³/mol. The van der Waals surface area contributed by atoms with Crippen molar-refractivity contribution in [1.82, 2.24) is 16.0 Å². The lowest BCUT2D eigenvalue weighted by Gasteiger charge is -2.34. The Hall–Kier alpha value is -1.89. The van der Waals surface area contributed by atoms with Gasteiger partial charge in [0, 0.05) is 16.4 Å². The number of carbonyl (C=O) groups excluding carboxylic acids is 3. The summed E-state index contributed by atoms with van der Waals surface area (Å²) < 4.78 is 1.03. The van der Waals surface area contributed by atoms with Crippen LogP contribution in [0.1, 0.15) is 38.2 Å². The molecule has 1 atom stereocenters. The number of benzene rings is 1. The van der Waals surface area contributed by atoms with Crippen LogP contribution in [0.15, 0.2) is 28.7 Å². The third kappa shape index (κ3) is 4.03. The lowest BCUT2D eigenvalue weighted by Crippen LogP contribution is -2.51. The largest absolute Gasteiger partial charge is 0.353 e. The highest BCUT2D eigenvalue weighted by Gasteiger charge is 2.48. The zero-order valence-electron chi connectivity index (χ0n) is 14.1. The number of hydrogen-bond acceptors (Lipinski definition) is 3. The molecule has 3 N–H and O–H groups in total. The van der Waals surface area contributed by atoms with Crippen LogP contribution in [0.5, 0.6) is 0 Å². The summed E-state index contributed by atoms with van der Waals surface area (Å²) in [6, 6.07) is 7.67. The van der Waals surface area contributed by atoms with Crippen molar-refractivity contribution >= 4 is 33.8 Å². The molecule has 1 unspecified atom stereocenters. The van der Waals surface area contributed by atoms with E-state index in [4.69, 9.17) is 0 Å². The van der Waals surface area contributed by atoms with Gasteiger partial charge < -0.3 is 10.6 Å². The van der Waals surface area contributed by atoms with Crippen LogP contribution in [0, 0.1) is 5.92 Å². The van der Waals surface area contributed by atoms with E-state index < -0.39 is 11.6 Å². The summed E-state index contributed by atoms with van der Waals surface area (Å²) >= 11 is 3.41. The molecule has 2 aliphatic rings. The van der Waals surface area contributed by atoms with E-state index >= 15 is 0 Å². The van der Waals surface area contributed by atoms with Crippen LogP contribution >= 0.6 is 15.9 Å². The molecule has 0 aromatic heterocycles. The molecule has 1 aliphatic heterocycles. The van der Waals surface area contributed by atoms with Crippen molar-refractivity contribution in [3.05, 3.63) is 34.3 Å². The summed E-state index contributed by atoms with van der Waals surface area (Å²) in [7, 11) is 0. The second-order valence-electron chi connectivity index (χ2n) is 7.00. The molecule has 1 aromatic rings. The number of amides is 4. The quantitative estimate of drug-likeness (QED) is 0.668. The van der Waals surface area contributed by atoms with Crippen molar-refractivity contribution in [2.24, 2.45) is 5.92 Å². The third-order valence-electron chi connectivity index (χ3n) is 5.07. The minimum atomic E-state index is -0.809. The van der Waals surface area contributed by atoms with Gasteiger partial charge in [-0.25, -0.2) is 4.79 Å². The fraction of sp³-hybridized carbons (Fsp3) is 0.500. The highest BCUT2D eigenvalue weighted by atomic mass is 79.9. The fourth-order valence-corrected chi connectivity index (χ4v) is 3.90. The fourth-order valence-electron chi connectivity index (χ4n) is 3.64. The molecule has 1 aliphatic carbocycles. The number of rotatable bonds is 4. The van der Waals surface area contributed by atoms with Crippen molar-refractivity contribution in [3.8, 4) is 0 Å². The summed E-state index contributed by atoms with van der Waals surface area (Å²) in [5.74, 6) is -0.340. The van der Waals surface area contributed by atoms with Crippen molar-refractivity contribution < 1.29 is 14.4 Å². The van der Waals surface area contributed by atoms with E-state index in [1.807, 2.05) is 31.2 Å². The van der Waals surface area contributed by atoms with Crippen LogP contribution in [0.25, 0.3) is 0 Å². The Kier molecular flexibility index (Phi) is 5.13. The van der Waals surface area contributed by atoms with Crippen molar-refractivity contribution in [2.75, 3.05) is 0 Å².